The molecule has 0 bridgehead atoms. The van der Waals surface area contributed by atoms with Crippen molar-refractivity contribution in [2.45, 2.75) is 6.10 Å². The summed E-state index contributed by atoms with van der Waals surface area (Å²) in [6.07, 6.45) is -0.772. The highest BCUT2D eigenvalue weighted by Gasteiger charge is 2.16. The largest absolute Gasteiger partial charge is 0.399 e. The molecule has 7 heteroatoms. The number of hydrogen-bond acceptors (Lipinski definition) is 7. The molecule has 2 rings (SSSR count). The molecule has 7 nitrogen and oxygen atoms in total. The Labute approximate surface area is 148 Å². The van der Waals surface area contributed by atoms with Crippen LogP contribution in [0.15, 0.2) is 42.5 Å². The number of aliphatic hydroxyl groups excluding tert-OH is 2. The lowest BCUT2D eigenvalue weighted by Gasteiger charge is -2.25. The van der Waals surface area contributed by atoms with Gasteiger partial charge in [0.2, 0.25) is 0 Å². The fraction of sp³-hybridized carbons (Fsp3) is 0.333. The molecule has 0 saturated carbocycles. The molecule has 9 N–H and O–H groups in total. The van der Waals surface area contributed by atoms with E-state index < -0.39 is 6.10 Å². The van der Waals surface area contributed by atoms with Gasteiger partial charge in [-0.25, -0.2) is 0 Å². The average molecular weight is 345 g/mol. The van der Waals surface area contributed by atoms with Gasteiger partial charge in [-0.05, 0) is 42.5 Å². The van der Waals surface area contributed by atoms with Gasteiger partial charge in [-0.2, -0.15) is 0 Å². The van der Waals surface area contributed by atoms with Crippen molar-refractivity contribution in [1.82, 2.24) is 4.90 Å². The quantitative estimate of drug-likeness (QED) is 0.371. The highest BCUT2D eigenvalue weighted by molar-refractivity contribution is 5.56. The molecular weight excluding hydrogens is 318 g/mol. The van der Waals surface area contributed by atoms with Gasteiger partial charge in [0, 0.05) is 54.5 Å². The summed E-state index contributed by atoms with van der Waals surface area (Å²) >= 11 is 0. The Morgan fingerprint density at radius 2 is 1.64 bits per heavy atom. The molecule has 25 heavy (non-hydrogen) atoms. The summed E-state index contributed by atoms with van der Waals surface area (Å²) in [5.74, 6) is 0. The van der Waals surface area contributed by atoms with E-state index in [-0.39, 0.29) is 6.61 Å². The van der Waals surface area contributed by atoms with Crippen LogP contribution in [0.4, 0.5) is 22.7 Å². The Kier molecular flexibility index (Phi) is 6.88. The van der Waals surface area contributed by atoms with E-state index in [2.05, 4.69) is 5.32 Å². The van der Waals surface area contributed by atoms with E-state index in [4.69, 9.17) is 17.2 Å². The first-order valence-electron chi connectivity index (χ1n) is 8.25. The third-order valence-electron chi connectivity index (χ3n) is 3.99. The number of rotatable bonds is 9. The molecule has 0 radical (unpaired) electrons. The maximum Gasteiger partial charge on any atom is 0.0937 e. The lowest BCUT2D eigenvalue weighted by Crippen LogP contribution is -2.35. The summed E-state index contributed by atoms with van der Waals surface area (Å²) in [5, 5.41) is 23.0. The fourth-order valence-corrected chi connectivity index (χ4v) is 2.62. The lowest BCUT2D eigenvalue weighted by molar-refractivity contribution is 0.103. The van der Waals surface area contributed by atoms with Crippen LogP contribution in [0.3, 0.4) is 0 Å². The molecular formula is C18H27N5O2. The molecule has 0 heterocycles. The van der Waals surface area contributed by atoms with Gasteiger partial charge in [0.25, 0.3) is 0 Å². The highest BCUT2D eigenvalue weighted by Crippen LogP contribution is 2.23. The molecule has 0 saturated heterocycles. The van der Waals surface area contributed by atoms with Crippen LogP contribution in [0, 0.1) is 0 Å². The second-order valence-corrected chi connectivity index (χ2v) is 5.98. The maximum atomic E-state index is 10.5. The van der Waals surface area contributed by atoms with E-state index in [0.717, 1.165) is 11.4 Å². The van der Waals surface area contributed by atoms with Crippen molar-refractivity contribution in [3.05, 3.63) is 48.0 Å². The minimum absolute atomic E-state index is 0.0149. The van der Waals surface area contributed by atoms with Crippen LogP contribution < -0.4 is 22.5 Å². The molecule has 1 unspecified atom stereocenters. The number of benzene rings is 2. The summed E-state index contributed by atoms with van der Waals surface area (Å²) in [6, 6.07) is 12.6. The molecule has 0 aromatic heterocycles. The van der Waals surface area contributed by atoms with Crippen molar-refractivity contribution in [2.75, 3.05) is 55.3 Å². The molecule has 0 spiro atoms. The van der Waals surface area contributed by atoms with Crippen molar-refractivity contribution in [1.29, 1.82) is 0 Å². The molecule has 0 aliphatic rings. The summed E-state index contributed by atoms with van der Waals surface area (Å²) in [7, 11) is 0. The SMILES string of the molecule is Nc1ccc(NCCN(CCO)CC(O)c2cc(N)ccc2N)cc1. The standard InChI is InChI=1S/C18H27N5O2/c19-13-1-4-15(5-2-13)22-7-8-23(9-10-24)12-18(25)16-11-14(20)3-6-17(16)21/h1-6,11,18,22,24-25H,7-10,12,19-21H2. The monoisotopic (exact) mass is 345 g/mol. The summed E-state index contributed by atoms with van der Waals surface area (Å²) in [6.45, 7) is 2.16. The van der Waals surface area contributed by atoms with Crippen LogP contribution in [0.25, 0.3) is 0 Å². The summed E-state index contributed by atoms with van der Waals surface area (Å²) < 4.78 is 0. The number of nitrogen functional groups attached to an aromatic ring is 3. The Balaban J connectivity index is 1.90. The van der Waals surface area contributed by atoms with Gasteiger partial charge in [0.15, 0.2) is 0 Å². The zero-order chi connectivity index (χ0) is 18.2. The number of anilines is 4. The van der Waals surface area contributed by atoms with Crippen molar-refractivity contribution in [3.63, 3.8) is 0 Å². The van der Waals surface area contributed by atoms with Crippen LogP contribution in [-0.4, -0.2) is 47.9 Å². The van der Waals surface area contributed by atoms with Crippen molar-refractivity contribution >= 4 is 22.7 Å². The number of nitrogens with one attached hydrogen (secondary N) is 1. The predicted molar refractivity (Wildman–Crippen MR) is 103 cm³/mol. The van der Waals surface area contributed by atoms with Gasteiger partial charge < -0.3 is 32.7 Å². The third kappa shape index (κ3) is 5.82. The number of aliphatic hydroxyl groups is 2. The number of nitrogens with two attached hydrogens (primary N) is 3. The third-order valence-corrected chi connectivity index (χ3v) is 3.99. The molecule has 0 aliphatic carbocycles. The maximum absolute atomic E-state index is 10.5. The predicted octanol–water partition coefficient (Wildman–Crippen LogP) is 0.873. The zero-order valence-electron chi connectivity index (χ0n) is 14.2. The first-order chi connectivity index (χ1) is 12.0. The smallest absolute Gasteiger partial charge is 0.0937 e. The zero-order valence-corrected chi connectivity index (χ0v) is 14.2. The van der Waals surface area contributed by atoms with Crippen molar-refractivity contribution in [2.24, 2.45) is 0 Å². The lowest BCUT2D eigenvalue weighted by atomic mass is 10.1. The fourth-order valence-electron chi connectivity index (χ4n) is 2.62. The second kappa shape index (κ2) is 9.12. The minimum atomic E-state index is -0.772. The van der Waals surface area contributed by atoms with E-state index in [1.54, 1.807) is 18.2 Å². The van der Waals surface area contributed by atoms with Crippen LogP contribution >= 0.6 is 0 Å². The summed E-state index contributed by atoms with van der Waals surface area (Å²) in [4.78, 5) is 1.97. The molecule has 136 valence electrons. The van der Waals surface area contributed by atoms with Crippen LogP contribution in [0.2, 0.25) is 0 Å². The van der Waals surface area contributed by atoms with Crippen LogP contribution in [-0.2, 0) is 0 Å². The molecule has 2 aromatic carbocycles. The second-order valence-electron chi connectivity index (χ2n) is 5.98. The van der Waals surface area contributed by atoms with E-state index in [1.807, 2.05) is 29.2 Å². The van der Waals surface area contributed by atoms with Crippen molar-refractivity contribution in [3.8, 4) is 0 Å². The van der Waals surface area contributed by atoms with Gasteiger partial charge in [-0.3, -0.25) is 4.90 Å². The molecule has 1 atom stereocenters. The summed E-state index contributed by atoms with van der Waals surface area (Å²) in [5.41, 5.74) is 20.7. The van der Waals surface area contributed by atoms with Crippen molar-refractivity contribution < 1.29 is 10.2 Å². The van der Waals surface area contributed by atoms with Gasteiger partial charge in [0.05, 0.1) is 12.7 Å². The van der Waals surface area contributed by atoms with E-state index in [1.165, 1.54) is 0 Å². The van der Waals surface area contributed by atoms with Crippen LogP contribution in [0.5, 0.6) is 0 Å². The van der Waals surface area contributed by atoms with Crippen LogP contribution in [0.1, 0.15) is 11.7 Å². The minimum Gasteiger partial charge on any atom is -0.399 e. The molecule has 0 fully saturated rings. The first kappa shape index (κ1) is 18.9. The normalized spacial score (nSPS) is 12.3. The number of hydrogen-bond donors (Lipinski definition) is 6. The Morgan fingerprint density at radius 1 is 0.960 bits per heavy atom. The molecule has 2 aromatic rings. The van der Waals surface area contributed by atoms with Gasteiger partial charge in [-0.1, -0.05) is 0 Å². The Morgan fingerprint density at radius 3 is 2.32 bits per heavy atom. The van der Waals surface area contributed by atoms with Gasteiger partial charge >= 0.3 is 0 Å². The number of nitrogens with zero attached hydrogens (tertiary/aromatic N) is 1. The topological polar surface area (TPSA) is 134 Å². The van der Waals surface area contributed by atoms with E-state index in [0.29, 0.717) is 43.1 Å². The van der Waals surface area contributed by atoms with Gasteiger partial charge in [-0.15, -0.1) is 0 Å². The van der Waals surface area contributed by atoms with E-state index >= 15 is 0 Å². The average Bonchev–Trinajstić information content (AvgIpc) is 2.59. The first-order valence-corrected chi connectivity index (χ1v) is 8.25. The molecule has 0 aliphatic heterocycles. The van der Waals surface area contributed by atoms with Gasteiger partial charge in [0.1, 0.15) is 0 Å². The molecule has 0 amide bonds. The highest BCUT2D eigenvalue weighted by atomic mass is 16.3. The Hall–Kier alpha value is -2.48. The van der Waals surface area contributed by atoms with E-state index in [9.17, 15) is 10.2 Å². The Bertz CT molecular complexity index is 663.